The zero-order valence-electron chi connectivity index (χ0n) is 18.1. The molecule has 0 aliphatic rings. The number of methoxy groups -OCH3 is 3. The lowest BCUT2D eigenvalue weighted by Gasteiger charge is -2.15. The molecule has 0 saturated carbocycles. The van der Waals surface area contributed by atoms with Gasteiger partial charge in [-0.05, 0) is 48.9 Å². The first-order chi connectivity index (χ1) is 15.3. The van der Waals surface area contributed by atoms with E-state index in [0.717, 1.165) is 5.56 Å². The predicted octanol–water partition coefficient (Wildman–Crippen LogP) is 4.07. The van der Waals surface area contributed by atoms with Crippen molar-refractivity contribution in [3.8, 4) is 17.2 Å². The van der Waals surface area contributed by atoms with Gasteiger partial charge in [-0.15, -0.1) is 0 Å². The zero-order chi connectivity index (χ0) is 23.3. The molecule has 1 amide bonds. The van der Waals surface area contributed by atoms with Crippen molar-refractivity contribution in [2.24, 2.45) is 0 Å². The molecule has 2 N–H and O–H groups in total. The van der Waals surface area contributed by atoms with Gasteiger partial charge in [-0.25, -0.2) is 8.42 Å². The third-order valence-electron chi connectivity index (χ3n) is 4.75. The summed E-state index contributed by atoms with van der Waals surface area (Å²) in [4.78, 5) is 12.7. The van der Waals surface area contributed by atoms with Crippen LogP contribution in [0, 0.1) is 6.92 Å². The molecule has 0 aromatic heterocycles. The van der Waals surface area contributed by atoms with Crippen LogP contribution in [0.5, 0.6) is 17.2 Å². The Bertz CT molecular complexity index is 1240. The Morgan fingerprint density at radius 3 is 2.12 bits per heavy atom. The van der Waals surface area contributed by atoms with Gasteiger partial charge >= 0.3 is 0 Å². The summed E-state index contributed by atoms with van der Waals surface area (Å²) < 4.78 is 44.1. The van der Waals surface area contributed by atoms with Crippen LogP contribution in [0.15, 0.2) is 65.6 Å². The van der Waals surface area contributed by atoms with Gasteiger partial charge in [0.25, 0.3) is 15.9 Å². The molecule has 0 aliphatic carbocycles. The molecule has 0 fully saturated rings. The van der Waals surface area contributed by atoms with Crippen molar-refractivity contribution in [1.29, 1.82) is 0 Å². The summed E-state index contributed by atoms with van der Waals surface area (Å²) in [6.07, 6.45) is 0. The smallest absolute Gasteiger partial charge is 0.261 e. The number of benzene rings is 3. The third-order valence-corrected chi connectivity index (χ3v) is 6.13. The highest BCUT2D eigenvalue weighted by Gasteiger charge is 2.19. The van der Waals surface area contributed by atoms with Crippen LogP contribution < -0.4 is 24.2 Å². The minimum atomic E-state index is -3.97. The predicted molar refractivity (Wildman–Crippen MR) is 122 cm³/mol. The number of aryl methyl sites for hydroxylation is 1. The standard InChI is InChI=1S/C23H24N2O6S/c1-15-7-5-6-8-18(15)23(26)24-19-14-17(10-12-20(19)29-2)32(27,28)25-16-9-11-21(30-3)22(13-16)31-4/h5-14,25H,1-4H3,(H,24,26). The Kier molecular flexibility index (Phi) is 6.89. The van der Waals surface area contributed by atoms with Crippen LogP contribution in [-0.2, 0) is 10.0 Å². The van der Waals surface area contributed by atoms with Gasteiger partial charge in [-0.3, -0.25) is 9.52 Å². The Labute approximate surface area is 187 Å². The minimum absolute atomic E-state index is 0.0480. The van der Waals surface area contributed by atoms with Crippen LogP contribution >= 0.6 is 0 Å². The highest BCUT2D eigenvalue weighted by Crippen LogP contribution is 2.32. The molecule has 8 nitrogen and oxygen atoms in total. The normalized spacial score (nSPS) is 10.9. The van der Waals surface area contributed by atoms with Gasteiger partial charge in [0, 0.05) is 11.6 Å². The number of carbonyl (C=O) groups excluding carboxylic acids is 1. The number of anilines is 2. The van der Waals surface area contributed by atoms with E-state index < -0.39 is 10.0 Å². The Balaban J connectivity index is 1.91. The van der Waals surface area contributed by atoms with Gasteiger partial charge in [0.05, 0.1) is 37.6 Å². The lowest BCUT2D eigenvalue weighted by molar-refractivity contribution is 0.102. The molecule has 9 heteroatoms. The first kappa shape index (κ1) is 23.0. The number of hydrogen-bond acceptors (Lipinski definition) is 6. The number of nitrogens with one attached hydrogen (secondary N) is 2. The van der Waals surface area contributed by atoms with E-state index in [9.17, 15) is 13.2 Å². The summed E-state index contributed by atoms with van der Waals surface area (Å²) in [5.74, 6) is 0.815. The molecule has 0 saturated heterocycles. The first-order valence-corrected chi connectivity index (χ1v) is 11.1. The zero-order valence-corrected chi connectivity index (χ0v) is 18.9. The van der Waals surface area contributed by atoms with Crippen LogP contribution in [0.4, 0.5) is 11.4 Å². The van der Waals surface area contributed by atoms with Crippen molar-refractivity contribution < 1.29 is 27.4 Å². The molecule has 0 heterocycles. The second-order valence-electron chi connectivity index (χ2n) is 6.81. The molecule has 0 spiro atoms. The van der Waals surface area contributed by atoms with Crippen molar-refractivity contribution in [2.45, 2.75) is 11.8 Å². The third kappa shape index (κ3) is 4.94. The molecule has 0 atom stereocenters. The van der Waals surface area contributed by atoms with Gasteiger partial charge < -0.3 is 19.5 Å². The average Bonchev–Trinajstić information content (AvgIpc) is 2.78. The van der Waals surface area contributed by atoms with Crippen LogP contribution in [-0.4, -0.2) is 35.7 Å². The molecule has 0 radical (unpaired) electrons. The molecule has 3 aromatic carbocycles. The summed E-state index contributed by atoms with van der Waals surface area (Å²) in [5.41, 5.74) is 1.80. The Hall–Kier alpha value is -3.72. The maximum absolute atomic E-state index is 13.0. The first-order valence-electron chi connectivity index (χ1n) is 9.59. The molecular formula is C23H24N2O6S. The van der Waals surface area contributed by atoms with Crippen molar-refractivity contribution in [3.05, 3.63) is 71.8 Å². The minimum Gasteiger partial charge on any atom is -0.495 e. The summed E-state index contributed by atoms with van der Waals surface area (Å²) in [6, 6.07) is 16.0. The van der Waals surface area contributed by atoms with Crippen molar-refractivity contribution in [2.75, 3.05) is 31.4 Å². The topological polar surface area (TPSA) is 103 Å². The fourth-order valence-corrected chi connectivity index (χ4v) is 4.16. The van der Waals surface area contributed by atoms with Crippen molar-refractivity contribution >= 4 is 27.3 Å². The second-order valence-corrected chi connectivity index (χ2v) is 8.49. The summed E-state index contributed by atoms with van der Waals surface area (Å²) >= 11 is 0. The number of sulfonamides is 1. The second kappa shape index (κ2) is 9.61. The molecule has 0 unspecified atom stereocenters. The molecular weight excluding hydrogens is 432 g/mol. The van der Waals surface area contributed by atoms with Gasteiger partial charge in [0.15, 0.2) is 11.5 Å². The maximum atomic E-state index is 13.0. The highest BCUT2D eigenvalue weighted by molar-refractivity contribution is 7.92. The summed E-state index contributed by atoms with van der Waals surface area (Å²) in [7, 11) is 0.425. The maximum Gasteiger partial charge on any atom is 0.261 e. The number of rotatable bonds is 8. The van der Waals surface area contributed by atoms with Gasteiger partial charge in [0.1, 0.15) is 5.75 Å². The van der Waals surface area contributed by atoms with E-state index in [4.69, 9.17) is 14.2 Å². The number of carbonyl (C=O) groups is 1. The number of hydrogen-bond donors (Lipinski definition) is 2. The van der Waals surface area contributed by atoms with Crippen LogP contribution in [0.3, 0.4) is 0 Å². The SMILES string of the molecule is COc1ccc(S(=O)(=O)Nc2ccc(OC)c(OC)c2)cc1NC(=O)c1ccccc1C. The molecule has 168 valence electrons. The van der Waals surface area contributed by atoms with Gasteiger partial charge in [0.2, 0.25) is 0 Å². The molecule has 0 aliphatic heterocycles. The van der Waals surface area contributed by atoms with Crippen molar-refractivity contribution in [3.63, 3.8) is 0 Å². The lowest BCUT2D eigenvalue weighted by Crippen LogP contribution is -2.16. The van der Waals surface area contributed by atoms with Gasteiger partial charge in [-0.2, -0.15) is 0 Å². The van der Waals surface area contributed by atoms with Crippen LogP contribution in [0.25, 0.3) is 0 Å². The summed E-state index contributed by atoms with van der Waals surface area (Å²) in [5, 5.41) is 2.74. The van der Waals surface area contributed by atoms with E-state index >= 15 is 0 Å². The molecule has 0 bridgehead atoms. The molecule has 32 heavy (non-hydrogen) atoms. The van der Waals surface area contributed by atoms with Crippen molar-refractivity contribution in [1.82, 2.24) is 0 Å². The van der Waals surface area contributed by atoms with E-state index in [1.807, 2.05) is 19.1 Å². The Morgan fingerprint density at radius 2 is 1.47 bits per heavy atom. The molecule has 3 rings (SSSR count). The quantitative estimate of drug-likeness (QED) is 0.530. The van der Waals surface area contributed by atoms with Gasteiger partial charge in [-0.1, -0.05) is 18.2 Å². The van der Waals surface area contributed by atoms with E-state index in [1.165, 1.54) is 45.6 Å². The monoisotopic (exact) mass is 456 g/mol. The number of ether oxygens (including phenoxy) is 3. The van der Waals surface area contributed by atoms with E-state index in [0.29, 0.717) is 28.5 Å². The summed E-state index contributed by atoms with van der Waals surface area (Å²) in [6.45, 7) is 1.82. The largest absolute Gasteiger partial charge is 0.495 e. The average molecular weight is 457 g/mol. The Morgan fingerprint density at radius 1 is 0.812 bits per heavy atom. The van der Waals surface area contributed by atoms with E-state index in [1.54, 1.807) is 24.3 Å². The molecule has 3 aromatic rings. The fraction of sp³-hybridized carbons (Fsp3) is 0.174. The van der Waals surface area contributed by atoms with E-state index in [-0.39, 0.29) is 16.5 Å². The number of amides is 1. The van der Waals surface area contributed by atoms with Crippen LogP contribution in [0.2, 0.25) is 0 Å². The van der Waals surface area contributed by atoms with Crippen LogP contribution in [0.1, 0.15) is 15.9 Å². The van der Waals surface area contributed by atoms with E-state index in [2.05, 4.69) is 10.0 Å². The highest BCUT2D eigenvalue weighted by atomic mass is 32.2. The fourth-order valence-electron chi connectivity index (χ4n) is 3.08. The lowest BCUT2D eigenvalue weighted by atomic mass is 10.1.